The number of rotatable bonds is 0. The van der Waals surface area contributed by atoms with Crippen molar-refractivity contribution in [3.05, 3.63) is 0 Å². The second kappa shape index (κ2) is 2.76. The molecule has 0 unspecified atom stereocenters. The molecule has 11 heavy (non-hydrogen) atoms. The van der Waals surface area contributed by atoms with Crippen LogP contribution in [0, 0.1) is 5.41 Å². The van der Waals surface area contributed by atoms with Gasteiger partial charge in [-0.25, -0.2) is 0 Å². The van der Waals surface area contributed by atoms with Crippen LogP contribution in [0.3, 0.4) is 0 Å². The Morgan fingerprint density at radius 3 is 2.09 bits per heavy atom. The molecule has 0 aromatic heterocycles. The van der Waals surface area contributed by atoms with E-state index in [2.05, 4.69) is 33.5 Å². The molecule has 0 bridgehead atoms. The van der Waals surface area contributed by atoms with E-state index in [1.54, 1.807) is 0 Å². The summed E-state index contributed by atoms with van der Waals surface area (Å²) < 4.78 is 6.03. The molecule has 0 spiro atoms. The summed E-state index contributed by atoms with van der Waals surface area (Å²) in [5.41, 5.74) is 0.476. The predicted octanol–water partition coefficient (Wildman–Crippen LogP) is 2.83. The lowest BCUT2D eigenvalue weighted by molar-refractivity contribution is -0.0326. The third-order valence-electron chi connectivity index (χ3n) is 3.30. The molecule has 1 saturated heterocycles. The number of hydrogen-bond acceptors (Lipinski definition) is 1. The van der Waals surface area contributed by atoms with Crippen molar-refractivity contribution in [3.8, 4) is 0 Å². The average Bonchev–Trinajstić information content (AvgIpc) is 1.80. The molecule has 2 heteroatoms. The average molecular weight is 170 g/mol. The topological polar surface area (TPSA) is 9.23 Å². The zero-order valence-electron chi connectivity index (χ0n) is 8.40. The minimum atomic E-state index is -0.802. The Morgan fingerprint density at radius 1 is 1.18 bits per heavy atom. The third-order valence-corrected chi connectivity index (χ3v) is 5.39. The van der Waals surface area contributed by atoms with Gasteiger partial charge in [-0.05, 0) is 19.3 Å². The van der Waals surface area contributed by atoms with E-state index in [0.717, 1.165) is 0 Å². The minimum Gasteiger partial charge on any atom is -0.496 e. The van der Waals surface area contributed by atoms with Crippen molar-refractivity contribution in [2.75, 3.05) is 0 Å². The van der Waals surface area contributed by atoms with Gasteiger partial charge in [0, 0.05) is 5.60 Å². The van der Waals surface area contributed by atoms with E-state index in [9.17, 15) is 0 Å². The summed E-state index contributed by atoms with van der Waals surface area (Å²) in [6.45, 7) is 9.09. The highest BCUT2D eigenvalue weighted by atomic mass is 27.2. The van der Waals surface area contributed by atoms with Gasteiger partial charge in [-0.3, -0.25) is 0 Å². The lowest BCUT2D eigenvalue weighted by Gasteiger charge is -2.48. The van der Waals surface area contributed by atoms with Crippen molar-refractivity contribution in [1.82, 2.24) is 0 Å². The van der Waals surface area contributed by atoms with Crippen molar-refractivity contribution in [1.29, 1.82) is 0 Å². The standard InChI is InChI=1S/C8H16O.CH3.Al/c1-6-7(2,3)8(4,5)9;;/h1,6H2,2-5H3;1H3;/q-1;;+1. The quantitative estimate of drug-likeness (QED) is 0.508. The monoisotopic (exact) mass is 170 g/mol. The molecule has 64 valence electrons. The highest BCUT2D eigenvalue weighted by Gasteiger charge is 2.43. The summed E-state index contributed by atoms with van der Waals surface area (Å²) in [5, 5.41) is 1.34. The second-order valence-electron chi connectivity index (χ2n) is 4.86. The normalized spacial score (nSPS) is 28.6. The fourth-order valence-corrected chi connectivity index (χ4v) is 4.16. The predicted molar refractivity (Wildman–Crippen MR) is 50.0 cm³/mol. The van der Waals surface area contributed by atoms with Crippen LogP contribution in [-0.4, -0.2) is 20.1 Å². The molecule has 0 aromatic carbocycles. The Morgan fingerprint density at radius 2 is 1.73 bits per heavy atom. The fourth-order valence-electron chi connectivity index (χ4n) is 1.59. The van der Waals surface area contributed by atoms with Crippen LogP contribution in [0.5, 0.6) is 0 Å². The molecular formula is C9H19AlO. The van der Waals surface area contributed by atoms with Crippen molar-refractivity contribution in [2.24, 2.45) is 5.41 Å². The van der Waals surface area contributed by atoms with Crippen LogP contribution in [0.2, 0.25) is 11.1 Å². The molecule has 1 aliphatic rings. The van der Waals surface area contributed by atoms with Crippen LogP contribution < -0.4 is 0 Å². The summed E-state index contributed by atoms with van der Waals surface area (Å²) in [6.07, 6.45) is 1.34. The van der Waals surface area contributed by atoms with Crippen LogP contribution >= 0.6 is 0 Å². The molecule has 1 aliphatic heterocycles. The second-order valence-corrected chi connectivity index (χ2v) is 7.30. The summed E-state index contributed by atoms with van der Waals surface area (Å²) in [6, 6.07) is 0. The molecule has 0 N–H and O–H groups in total. The molecular weight excluding hydrogens is 151 g/mol. The van der Waals surface area contributed by atoms with Crippen LogP contribution in [-0.2, 0) is 3.79 Å². The summed E-state index contributed by atoms with van der Waals surface area (Å²) in [5.74, 6) is 2.30. The Labute approximate surface area is 74.9 Å². The first kappa shape index (κ1) is 9.58. The molecule has 0 aromatic rings. The van der Waals surface area contributed by atoms with Gasteiger partial charge in [0.05, 0.1) is 0 Å². The van der Waals surface area contributed by atoms with E-state index >= 15 is 0 Å². The first-order valence-corrected chi connectivity index (χ1v) is 6.97. The van der Waals surface area contributed by atoms with Crippen LogP contribution in [0.25, 0.3) is 0 Å². The highest BCUT2D eigenvalue weighted by Crippen LogP contribution is 2.42. The lowest BCUT2D eigenvalue weighted by Crippen LogP contribution is -2.49. The molecule has 0 saturated carbocycles. The van der Waals surface area contributed by atoms with Gasteiger partial charge >= 0.3 is 14.5 Å². The van der Waals surface area contributed by atoms with Crippen molar-refractivity contribution < 1.29 is 3.79 Å². The lowest BCUT2D eigenvalue weighted by atomic mass is 9.75. The van der Waals surface area contributed by atoms with Crippen molar-refractivity contribution in [3.63, 3.8) is 0 Å². The maximum atomic E-state index is 6.03. The molecule has 1 heterocycles. The van der Waals surface area contributed by atoms with Gasteiger partial charge in [0.25, 0.3) is 0 Å². The Balaban J connectivity index is 2.72. The molecule has 0 atom stereocenters. The SMILES string of the molecule is [CH3][Al]1[CH2]CC(C)(C)C(C)(C)[O]1. The smallest absolute Gasteiger partial charge is 0.457 e. The fraction of sp³-hybridized carbons (Fsp3) is 1.00. The Kier molecular flexibility index (Phi) is 2.41. The largest absolute Gasteiger partial charge is 0.496 e. The zero-order valence-corrected chi connectivity index (χ0v) is 9.55. The van der Waals surface area contributed by atoms with Crippen LogP contribution in [0.15, 0.2) is 0 Å². The van der Waals surface area contributed by atoms with Gasteiger partial charge in [0.1, 0.15) is 0 Å². The van der Waals surface area contributed by atoms with E-state index in [1.807, 2.05) is 0 Å². The highest BCUT2D eigenvalue weighted by molar-refractivity contribution is 6.50. The van der Waals surface area contributed by atoms with E-state index in [0.29, 0.717) is 5.41 Å². The Bertz CT molecular complexity index is 152. The van der Waals surface area contributed by atoms with E-state index in [1.165, 1.54) is 11.7 Å². The summed E-state index contributed by atoms with van der Waals surface area (Å²) >= 11 is -0.802. The molecule has 1 nitrogen and oxygen atoms in total. The van der Waals surface area contributed by atoms with Gasteiger partial charge < -0.3 is 3.79 Å². The van der Waals surface area contributed by atoms with E-state index in [-0.39, 0.29) is 5.60 Å². The van der Waals surface area contributed by atoms with Gasteiger partial charge in [-0.2, -0.15) is 0 Å². The molecule has 0 radical (unpaired) electrons. The third kappa shape index (κ3) is 1.80. The van der Waals surface area contributed by atoms with Crippen LogP contribution in [0.1, 0.15) is 34.1 Å². The first-order chi connectivity index (χ1) is 4.85. The molecule has 0 aliphatic carbocycles. The maximum Gasteiger partial charge on any atom is 0.457 e. The molecule has 0 amide bonds. The maximum absolute atomic E-state index is 6.03. The van der Waals surface area contributed by atoms with Gasteiger partial charge in [-0.15, -0.1) is 0 Å². The molecule has 1 rings (SSSR count). The van der Waals surface area contributed by atoms with E-state index in [4.69, 9.17) is 3.79 Å². The van der Waals surface area contributed by atoms with Gasteiger partial charge in [0.15, 0.2) is 0 Å². The van der Waals surface area contributed by atoms with Crippen LogP contribution in [0.4, 0.5) is 0 Å². The van der Waals surface area contributed by atoms with Crippen molar-refractivity contribution in [2.45, 2.75) is 50.8 Å². The minimum absolute atomic E-state index is 0.108. The van der Waals surface area contributed by atoms with Gasteiger partial charge in [0.2, 0.25) is 0 Å². The number of hydrogen-bond donors (Lipinski definition) is 0. The zero-order chi connectivity index (χ0) is 8.70. The summed E-state index contributed by atoms with van der Waals surface area (Å²) in [7, 11) is 0. The molecule has 1 fully saturated rings. The van der Waals surface area contributed by atoms with Gasteiger partial charge in [-0.1, -0.05) is 31.3 Å². The summed E-state index contributed by atoms with van der Waals surface area (Å²) in [4.78, 5) is 0. The van der Waals surface area contributed by atoms with Crippen molar-refractivity contribution >= 4 is 14.5 Å². The first-order valence-electron chi connectivity index (χ1n) is 4.53. The Hall–Kier alpha value is 0.492. The van der Waals surface area contributed by atoms with E-state index < -0.39 is 14.5 Å².